The van der Waals surface area contributed by atoms with Crippen LogP contribution in [0.1, 0.15) is 12.5 Å². The summed E-state index contributed by atoms with van der Waals surface area (Å²) in [5.41, 5.74) is 4.05. The van der Waals surface area contributed by atoms with Gasteiger partial charge in [-0.15, -0.1) is 0 Å². The fourth-order valence-corrected chi connectivity index (χ4v) is 2.61. The van der Waals surface area contributed by atoms with Gasteiger partial charge in [0.25, 0.3) is 5.91 Å². The number of amides is 1. The molecule has 0 aliphatic heterocycles. The molecule has 0 aliphatic rings. The van der Waals surface area contributed by atoms with E-state index in [1.165, 1.54) is 18.2 Å². The number of nitrogens with zero attached hydrogens (tertiary/aromatic N) is 1. The summed E-state index contributed by atoms with van der Waals surface area (Å²) in [4.78, 5) is 12.0. The molecule has 6 nitrogen and oxygen atoms in total. The van der Waals surface area contributed by atoms with Crippen molar-refractivity contribution in [2.45, 2.75) is 6.92 Å². The highest BCUT2D eigenvalue weighted by atomic mass is 16.3. The van der Waals surface area contributed by atoms with Gasteiger partial charge < -0.3 is 15.5 Å². The van der Waals surface area contributed by atoms with E-state index in [-0.39, 0.29) is 24.0 Å². The Balaban J connectivity index is 1.64. The summed E-state index contributed by atoms with van der Waals surface area (Å²) in [6, 6.07) is 17.9. The molecule has 3 rings (SSSR count). The van der Waals surface area contributed by atoms with E-state index in [1.807, 2.05) is 42.5 Å². The number of phenolic OH excluding ortho intramolecular Hbond substituents is 2. The predicted octanol–water partition coefficient (Wildman–Crippen LogP) is 3.20. The highest BCUT2D eigenvalue weighted by molar-refractivity contribution is 6.02. The second-order valence-corrected chi connectivity index (χ2v) is 5.81. The molecule has 0 atom stereocenters. The SMILES string of the molecule is C/C(=N\NC(=O)CNc1cccc2ccccc12)c1cc(O)ccc1O. The Kier molecular flexibility index (Phi) is 5.03. The Bertz CT molecular complexity index is 978. The smallest absolute Gasteiger partial charge is 0.259 e. The van der Waals surface area contributed by atoms with Gasteiger partial charge in [0.05, 0.1) is 12.3 Å². The minimum atomic E-state index is -0.322. The third kappa shape index (κ3) is 3.92. The highest BCUT2D eigenvalue weighted by Gasteiger charge is 2.07. The van der Waals surface area contributed by atoms with Crippen molar-refractivity contribution in [2.75, 3.05) is 11.9 Å². The third-order valence-electron chi connectivity index (χ3n) is 3.95. The maximum absolute atomic E-state index is 12.0. The maximum Gasteiger partial charge on any atom is 0.259 e. The molecule has 1 amide bonds. The van der Waals surface area contributed by atoms with Crippen LogP contribution < -0.4 is 10.7 Å². The van der Waals surface area contributed by atoms with E-state index in [0.717, 1.165) is 16.5 Å². The van der Waals surface area contributed by atoms with Gasteiger partial charge in [-0.25, -0.2) is 5.43 Å². The van der Waals surface area contributed by atoms with Gasteiger partial charge in [0.1, 0.15) is 11.5 Å². The number of anilines is 1. The zero-order valence-electron chi connectivity index (χ0n) is 14.2. The molecule has 0 radical (unpaired) electrons. The van der Waals surface area contributed by atoms with Crippen LogP contribution >= 0.6 is 0 Å². The first kappa shape index (κ1) is 17.3. The number of aromatic hydroxyl groups is 2. The average molecular weight is 349 g/mol. The minimum absolute atomic E-state index is 0.0105. The number of hydrogen-bond donors (Lipinski definition) is 4. The normalized spacial score (nSPS) is 11.3. The lowest BCUT2D eigenvalue weighted by Gasteiger charge is -2.09. The molecule has 0 saturated carbocycles. The Labute approximate surface area is 150 Å². The molecule has 0 spiro atoms. The van der Waals surface area contributed by atoms with Gasteiger partial charge in [-0.3, -0.25) is 4.79 Å². The van der Waals surface area contributed by atoms with Gasteiger partial charge in [-0.2, -0.15) is 5.10 Å². The van der Waals surface area contributed by atoms with Crippen molar-refractivity contribution < 1.29 is 15.0 Å². The van der Waals surface area contributed by atoms with E-state index in [1.54, 1.807) is 6.92 Å². The van der Waals surface area contributed by atoms with Crippen LogP contribution in [0.25, 0.3) is 10.8 Å². The van der Waals surface area contributed by atoms with Crippen LogP contribution in [0.15, 0.2) is 65.8 Å². The predicted molar refractivity (Wildman–Crippen MR) is 103 cm³/mol. The zero-order valence-corrected chi connectivity index (χ0v) is 14.2. The Morgan fingerprint density at radius 1 is 1.04 bits per heavy atom. The summed E-state index contributed by atoms with van der Waals surface area (Å²) in [5.74, 6) is -0.333. The quantitative estimate of drug-likeness (QED) is 0.323. The molecule has 0 unspecified atom stereocenters. The molecule has 26 heavy (non-hydrogen) atoms. The monoisotopic (exact) mass is 349 g/mol. The minimum Gasteiger partial charge on any atom is -0.508 e. The van der Waals surface area contributed by atoms with Gasteiger partial charge >= 0.3 is 0 Å². The van der Waals surface area contributed by atoms with Gasteiger partial charge in [-0.1, -0.05) is 36.4 Å². The van der Waals surface area contributed by atoms with Crippen molar-refractivity contribution in [1.82, 2.24) is 5.43 Å². The molecular weight excluding hydrogens is 330 g/mol. The molecule has 6 heteroatoms. The number of nitrogens with one attached hydrogen (secondary N) is 2. The molecule has 3 aromatic carbocycles. The summed E-state index contributed by atoms with van der Waals surface area (Å²) >= 11 is 0. The number of rotatable bonds is 5. The molecule has 0 aliphatic carbocycles. The fourth-order valence-electron chi connectivity index (χ4n) is 2.61. The number of carbonyl (C=O) groups excluding carboxylic acids is 1. The summed E-state index contributed by atoms with van der Waals surface area (Å²) in [6.45, 7) is 1.68. The second-order valence-electron chi connectivity index (χ2n) is 5.81. The van der Waals surface area contributed by atoms with Crippen molar-refractivity contribution in [2.24, 2.45) is 5.10 Å². The van der Waals surface area contributed by atoms with Crippen LogP contribution in [0.5, 0.6) is 11.5 Å². The lowest BCUT2D eigenvalue weighted by molar-refractivity contribution is -0.119. The van der Waals surface area contributed by atoms with Crippen molar-refractivity contribution in [1.29, 1.82) is 0 Å². The van der Waals surface area contributed by atoms with Crippen LogP contribution in [0.4, 0.5) is 5.69 Å². The summed E-state index contributed by atoms with van der Waals surface area (Å²) in [5, 5.41) is 28.5. The molecule has 3 aromatic rings. The van der Waals surface area contributed by atoms with Crippen LogP contribution in [0.3, 0.4) is 0 Å². The van der Waals surface area contributed by atoms with Gasteiger partial charge in [0.15, 0.2) is 0 Å². The first-order chi connectivity index (χ1) is 12.5. The van der Waals surface area contributed by atoms with E-state index < -0.39 is 0 Å². The van der Waals surface area contributed by atoms with E-state index in [9.17, 15) is 15.0 Å². The molecule has 4 N–H and O–H groups in total. The number of fused-ring (bicyclic) bond motifs is 1. The van der Waals surface area contributed by atoms with Crippen molar-refractivity contribution >= 4 is 28.1 Å². The largest absolute Gasteiger partial charge is 0.508 e. The van der Waals surface area contributed by atoms with E-state index in [4.69, 9.17) is 0 Å². The third-order valence-corrected chi connectivity index (χ3v) is 3.95. The number of phenols is 2. The standard InChI is InChI=1S/C20H19N3O3/c1-13(17-11-15(24)9-10-19(17)25)22-23-20(26)12-21-18-8-4-6-14-5-2-3-7-16(14)18/h2-11,21,24-25H,12H2,1H3,(H,23,26)/b22-13+. The topological polar surface area (TPSA) is 94.0 Å². The fraction of sp³-hybridized carbons (Fsp3) is 0.100. The molecule has 0 bridgehead atoms. The van der Waals surface area contributed by atoms with Crippen LogP contribution in [0, 0.1) is 0 Å². The van der Waals surface area contributed by atoms with Crippen molar-refractivity contribution in [3.63, 3.8) is 0 Å². The lowest BCUT2D eigenvalue weighted by Crippen LogP contribution is -2.26. The molecular formula is C20H19N3O3. The summed E-state index contributed by atoms with van der Waals surface area (Å²) in [6.07, 6.45) is 0. The van der Waals surface area contributed by atoms with Crippen LogP contribution in [-0.2, 0) is 4.79 Å². The summed E-state index contributed by atoms with van der Waals surface area (Å²) < 4.78 is 0. The molecule has 0 aromatic heterocycles. The average Bonchev–Trinajstić information content (AvgIpc) is 2.66. The molecule has 132 valence electrons. The molecule has 0 fully saturated rings. The zero-order chi connectivity index (χ0) is 18.5. The Hall–Kier alpha value is -3.54. The number of carbonyl (C=O) groups is 1. The maximum atomic E-state index is 12.0. The van der Waals surface area contributed by atoms with Gasteiger partial charge in [0.2, 0.25) is 0 Å². The van der Waals surface area contributed by atoms with E-state index >= 15 is 0 Å². The number of benzene rings is 3. The van der Waals surface area contributed by atoms with E-state index in [2.05, 4.69) is 15.8 Å². The van der Waals surface area contributed by atoms with Crippen molar-refractivity contribution in [3.05, 3.63) is 66.2 Å². The van der Waals surface area contributed by atoms with E-state index in [0.29, 0.717) is 11.3 Å². The molecule has 0 saturated heterocycles. The first-order valence-electron chi connectivity index (χ1n) is 8.12. The molecule has 0 heterocycles. The van der Waals surface area contributed by atoms with Gasteiger partial charge in [0, 0.05) is 16.6 Å². The second kappa shape index (κ2) is 7.57. The van der Waals surface area contributed by atoms with Crippen LogP contribution in [0.2, 0.25) is 0 Å². The number of hydrazone groups is 1. The van der Waals surface area contributed by atoms with Crippen LogP contribution in [-0.4, -0.2) is 28.4 Å². The Morgan fingerprint density at radius 2 is 1.81 bits per heavy atom. The highest BCUT2D eigenvalue weighted by Crippen LogP contribution is 2.23. The van der Waals surface area contributed by atoms with Gasteiger partial charge in [-0.05, 0) is 36.6 Å². The Morgan fingerprint density at radius 3 is 2.65 bits per heavy atom. The first-order valence-corrected chi connectivity index (χ1v) is 8.12. The lowest BCUT2D eigenvalue weighted by atomic mass is 10.1. The summed E-state index contributed by atoms with van der Waals surface area (Å²) in [7, 11) is 0. The number of hydrogen-bond acceptors (Lipinski definition) is 5. The van der Waals surface area contributed by atoms with Crippen molar-refractivity contribution in [3.8, 4) is 11.5 Å².